The number of hydrogen-bond acceptors (Lipinski definition) is 3. The zero-order valence-electron chi connectivity index (χ0n) is 10.9. The van der Waals surface area contributed by atoms with E-state index in [1.807, 2.05) is 60.1 Å². The van der Waals surface area contributed by atoms with Gasteiger partial charge in [-0.2, -0.15) is 0 Å². The Balaban J connectivity index is 2.11. The second-order valence-electron chi connectivity index (χ2n) is 4.72. The number of benzene rings is 1. The molecule has 4 heteroatoms. The van der Waals surface area contributed by atoms with Crippen molar-refractivity contribution in [3.05, 3.63) is 48.8 Å². The van der Waals surface area contributed by atoms with E-state index in [1.165, 1.54) is 0 Å². The smallest absolute Gasteiger partial charge is 0.139 e. The first-order valence-corrected chi connectivity index (χ1v) is 6.09. The van der Waals surface area contributed by atoms with Crippen LogP contribution in [0.1, 0.15) is 0 Å². The van der Waals surface area contributed by atoms with Gasteiger partial charge in [0, 0.05) is 43.8 Å². The molecule has 0 bridgehead atoms. The second-order valence-corrected chi connectivity index (χ2v) is 4.72. The molecular formula is C15H15N3O. The van der Waals surface area contributed by atoms with Gasteiger partial charge in [0.2, 0.25) is 0 Å². The summed E-state index contributed by atoms with van der Waals surface area (Å²) in [5.41, 5.74) is 3.77. The molecular weight excluding hydrogens is 238 g/mol. The summed E-state index contributed by atoms with van der Waals surface area (Å²) in [7, 11) is 4.01. The lowest BCUT2D eigenvalue weighted by atomic mass is 10.2. The molecule has 0 amide bonds. The number of nitrogens with zero attached hydrogens (tertiary/aromatic N) is 3. The van der Waals surface area contributed by atoms with E-state index in [4.69, 9.17) is 0 Å². The highest BCUT2D eigenvalue weighted by atomic mass is 16.3. The van der Waals surface area contributed by atoms with Crippen LogP contribution >= 0.6 is 0 Å². The maximum atomic E-state index is 9.52. The van der Waals surface area contributed by atoms with Gasteiger partial charge < -0.3 is 14.4 Å². The first-order valence-electron chi connectivity index (χ1n) is 6.09. The highest BCUT2D eigenvalue weighted by molar-refractivity contribution is 5.66. The van der Waals surface area contributed by atoms with E-state index in [2.05, 4.69) is 4.98 Å². The number of phenolic OH excluding ortho intramolecular Hbond substituents is 1. The van der Waals surface area contributed by atoms with Crippen molar-refractivity contribution < 1.29 is 5.11 Å². The zero-order valence-corrected chi connectivity index (χ0v) is 10.9. The Kier molecular flexibility index (Phi) is 2.63. The Morgan fingerprint density at radius 2 is 2.00 bits per heavy atom. The maximum Gasteiger partial charge on any atom is 0.139 e. The number of pyridine rings is 1. The van der Waals surface area contributed by atoms with E-state index in [9.17, 15) is 5.11 Å². The summed E-state index contributed by atoms with van der Waals surface area (Å²) < 4.78 is 1.98. The van der Waals surface area contributed by atoms with Crippen molar-refractivity contribution in [3.63, 3.8) is 0 Å². The summed E-state index contributed by atoms with van der Waals surface area (Å²) in [5.74, 6) is 0.253. The van der Waals surface area contributed by atoms with Gasteiger partial charge in [0.15, 0.2) is 0 Å². The van der Waals surface area contributed by atoms with Crippen molar-refractivity contribution in [3.8, 4) is 17.0 Å². The van der Waals surface area contributed by atoms with Gasteiger partial charge >= 0.3 is 0 Å². The first kappa shape index (κ1) is 11.6. The van der Waals surface area contributed by atoms with Crippen molar-refractivity contribution in [1.29, 1.82) is 0 Å². The van der Waals surface area contributed by atoms with Crippen molar-refractivity contribution in [2.45, 2.75) is 0 Å². The molecule has 0 fully saturated rings. The summed E-state index contributed by atoms with van der Waals surface area (Å²) in [6.45, 7) is 0. The van der Waals surface area contributed by atoms with Crippen LogP contribution in [-0.2, 0) is 0 Å². The summed E-state index contributed by atoms with van der Waals surface area (Å²) in [5, 5.41) is 9.52. The van der Waals surface area contributed by atoms with Gasteiger partial charge in [-0.25, -0.2) is 4.98 Å². The van der Waals surface area contributed by atoms with E-state index >= 15 is 0 Å². The van der Waals surface area contributed by atoms with Crippen LogP contribution in [0.2, 0.25) is 0 Å². The molecule has 0 radical (unpaired) electrons. The Morgan fingerprint density at radius 3 is 2.74 bits per heavy atom. The number of rotatable bonds is 2. The monoisotopic (exact) mass is 253 g/mol. The number of aromatic nitrogens is 2. The van der Waals surface area contributed by atoms with Crippen LogP contribution in [0.3, 0.4) is 0 Å². The molecule has 0 saturated carbocycles. The summed E-state index contributed by atoms with van der Waals surface area (Å²) >= 11 is 0. The number of aromatic hydroxyl groups is 1. The minimum atomic E-state index is 0.253. The van der Waals surface area contributed by atoms with E-state index in [-0.39, 0.29) is 5.75 Å². The van der Waals surface area contributed by atoms with Crippen LogP contribution < -0.4 is 4.90 Å². The van der Waals surface area contributed by atoms with Gasteiger partial charge in [-0.1, -0.05) is 12.1 Å². The Bertz CT molecular complexity index is 731. The molecule has 0 spiro atoms. The molecule has 2 heterocycles. The van der Waals surface area contributed by atoms with Gasteiger partial charge in [0.05, 0.1) is 5.69 Å². The third kappa shape index (κ3) is 2.12. The molecule has 1 aromatic carbocycles. The predicted octanol–water partition coefficient (Wildman–Crippen LogP) is 2.77. The SMILES string of the molecule is CN(C)c1ccn2cc(-c3cccc(O)c3)nc2c1. The topological polar surface area (TPSA) is 40.8 Å². The fraction of sp³-hybridized carbons (Fsp3) is 0.133. The lowest BCUT2D eigenvalue weighted by Crippen LogP contribution is -2.08. The van der Waals surface area contributed by atoms with Crippen molar-refractivity contribution in [2.24, 2.45) is 0 Å². The lowest BCUT2D eigenvalue weighted by molar-refractivity contribution is 0.475. The molecule has 0 aliphatic rings. The van der Waals surface area contributed by atoms with E-state index in [0.29, 0.717) is 0 Å². The number of imidazole rings is 1. The molecule has 1 N–H and O–H groups in total. The van der Waals surface area contributed by atoms with Crippen LogP contribution in [0.15, 0.2) is 48.8 Å². The van der Waals surface area contributed by atoms with Crippen LogP contribution in [0.4, 0.5) is 5.69 Å². The van der Waals surface area contributed by atoms with Crippen molar-refractivity contribution >= 4 is 11.3 Å². The van der Waals surface area contributed by atoms with Gasteiger partial charge in [0.25, 0.3) is 0 Å². The van der Waals surface area contributed by atoms with E-state index in [0.717, 1.165) is 22.6 Å². The molecule has 3 rings (SSSR count). The number of anilines is 1. The Labute approximate surface area is 111 Å². The molecule has 4 nitrogen and oxygen atoms in total. The minimum absolute atomic E-state index is 0.253. The minimum Gasteiger partial charge on any atom is -0.508 e. The summed E-state index contributed by atoms with van der Waals surface area (Å²) in [4.78, 5) is 6.64. The second kappa shape index (κ2) is 4.31. The molecule has 3 aromatic rings. The quantitative estimate of drug-likeness (QED) is 0.763. The highest BCUT2D eigenvalue weighted by Gasteiger charge is 2.06. The fourth-order valence-corrected chi connectivity index (χ4v) is 2.05. The molecule has 0 atom stereocenters. The molecule has 0 saturated heterocycles. The maximum absolute atomic E-state index is 9.52. The predicted molar refractivity (Wildman–Crippen MR) is 76.6 cm³/mol. The average Bonchev–Trinajstić information content (AvgIpc) is 2.81. The lowest BCUT2D eigenvalue weighted by Gasteiger charge is -2.11. The fourth-order valence-electron chi connectivity index (χ4n) is 2.05. The first-order chi connectivity index (χ1) is 9.13. The molecule has 0 aliphatic heterocycles. The third-order valence-corrected chi connectivity index (χ3v) is 3.10. The summed E-state index contributed by atoms with van der Waals surface area (Å²) in [6, 6.07) is 11.2. The van der Waals surface area contributed by atoms with E-state index < -0.39 is 0 Å². The molecule has 0 unspecified atom stereocenters. The molecule has 2 aromatic heterocycles. The van der Waals surface area contributed by atoms with Crippen LogP contribution in [-0.4, -0.2) is 28.6 Å². The van der Waals surface area contributed by atoms with Gasteiger partial charge in [-0.3, -0.25) is 0 Å². The van der Waals surface area contributed by atoms with Gasteiger partial charge in [0.1, 0.15) is 11.4 Å². The summed E-state index contributed by atoms with van der Waals surface area (Å²) in [6.07, 6.45) is 3.95. The average molecular weight is 253 g/mol. The zero-order chi connectivity index (χ0) is 13.4. The molecule has 96 valence electrons. The van der Waals surface area contributed by atoms with Crippen LogP contribution in [0.25, 0.3) is 16.9 Å². The Morgan fingerprint density at radius 1 is 1.16 bits per heavy atom. The Hall–Kier alpha value is -2.49. The van der Waals surface area contributed by atoms with E-state index in [1.54, 1.807) is 12.1 Å². The molecule has 0 aliphatic carbocycles. The number of fused-ring (bicyclic) bond motifs is 1. The van der Waals surface area contributed by atoms with Crippen molar-refractivity contribution in [1.82, 2.24) is 9.38 Å². The third-order valence-electron chi connectivity index (χ3n) is 3.10. The van der Waals surface area contributed by atoms with Gasteiger partial charge in [-0.15, -0.1) is 0 Å². The van der Waals surface area contributed by atoms with Gasteiger partial charge in [-0.05, 0) is 18.2 Å². The highest BCUT2D eigenvalue weighted by Crippen LogP contribution is 2.24. The van der Waals surface area contributed by atoms with Crippen molar-refractivity contribution in [2.75, 3.05) is 19.0 Å². The molecule has 19 heavy (non-hydrogen) atoms. The normalized spacial score (nSPS) is 10.8. The number of phenols is 1. The number of hydrogen-bond donors (Lipinski definition) is 1. The largest absolute Gasteiger partial charge is 0.508 e. The van der Waals surface area contributed by atoms with Crippen LogP contribution in [0, 0.1) is 0 Å². The standard InChI is InChI=1S/C15H15N3O/c1-17(2)12-6-7-18-10-14(16-15(18)9-12)11-4-3-5-13(19)8-11/h3-10,19H,1-2H3. The van der Waals surface area contributed by atoms with Crippen LogP contribution in [0.5, 0.6) is 5.75 Å².